The van der Waals surface area contributed by atoms with Gasteiger partial charge in [-0.2, -0.15) is 9.97 Å². The molecule has 1 heterocycles. The first-order valence-electron chi connectivity index (χ1n) is 8.77. The summed E-state index contributed by atoms with van der Waals surface area (Å²) in [5.74, 6) is 1.38. The van der Waals surface area contributed by atoms with E-state index in [-0.39, 0.29) is 5.95 Å². The van der Waals surface area contributed by atoms with E-state index < -0.39 is 0 Å². The van der Waals surface area contributed by atoms with Crippen molar-refractivity contribution in [3.63, 3.8) is 0 Å². The molecule has 0 saturated carbocycles. The van der Waals surface area contributed by atoms with Gasteiger partial charge < -0.3 is 5.73 Å². The lowest BCUT2D eigenvalue weighted by Crippen LogP contribution is -2.02. The van der Waals surface area contributed by atoms with Crippen molar-refractivity contribution in [2.45, 2.75) is 0 Å². The predicted molar refractivity (Wildman–Crippen MR) is 110 cm³/mol. The first-order valence-corrected chi connectivity index (χ1v) is 8.77. The summed E-state index contributed by atoms with van der Waals surface area (Å²) in [5.41, 5.74) is 7.90. The van der Waals surface area contributed by atoms with Crippen LogP contribution in [0, 0.1) is 0 Å². The Hall–Kier alpha value is -3.79. The zero-order valence-electron chi connectivity index (χ0n) is 14.5. The number of rotatable bonds is 2. The first kappa shape index (κ1) is 15.5. The van der Waals surface area contributed by atoms with Gasteiger partial charge in [0.15, 0.2) is 11.6 Å². The zero-order chi connectivity index (χ0) is 18.2. The Labute approximate surface area is 156 Å². The van der Waals surface area contributed by atoms with Gasteiger partial charge in [-0.3, -0.25) is 0 Å². The number of nitrogens with zero attached hydrogens (tertiary/aromatic N) is 3. The molecule has 2 N–H and O–H groups in total. The Kier molecular flexibility index (Phi) is 3.54. The highest BCUT2D eigenvalue weighted by Crippen LogP contribution is 2.28. The second kappa shape index (κ2) is 6.18. The number of fused-ring (bicyclic) bond motifs is 2. The summed E-state index contributed by atoms with van der Waals surface area (Å²) in [6.07, 6.45) is 0. The minimum atomic E-state index is 0.219. The molecule has 0 unspecified atom stereocenters. The molecule has 0 amide bonds. The van der Waals surface area contributed by atoms with Crippen LogP contribution in [0.2, 0.25) is 0 Å². The van der Waals surface area contributed by atoms with Crippen molar-refractivity contribution >= 4 is 27.5 Å². The SMILES string of the molecule is Nc1nc(-c2ccc3ccccc3c2)nc(-c2cccc3ccccc23)n1. The third-order valence-corrected chi connectivity index (χ3v) is 4.69. The van der Waals surface area contributed by atoms with Gasteiger partial charge in [0.25, 0.3) is 0 Å². The maximum atomic E-state index is 6.03. The number of hydrogen-bond donors (Lipinski definition) is 1. The molecular formula is C23H16N4. The Balaban J connectivity index is 1.70. The first-order chi connectivity index (χ1) is 13.3. The van der Waals surface area contributed by atoms with Crippen molar-refractivity contribution in [2.75, 3.05) is 5.73 Å². The quantitative estimate of drug-likeness (QED) is 0.482. The van der Waals surface area contributed by atoms with Crippen LogP contribution in [0.15, 0.2) is 84.9 Å². The summed E-state index contributed by atoms with van der Waals surface area (Å²) in [6, 6.07) is 28.7. The minimum Gasteiger partial charge on any atom is -0.368 e. The smallest absolute Gasteiger partial charge is 0.224 e. The summed E-state index contributed by atoms with van der Waals surface area (Å²) in [4.78, 5) is 13.5. The lowest BCUT2D eigenvalue weighted by molar-refractivity contribution is 1.08. The normalized spacial score (nSPS) is 11.1. The van der Waals surface area contributed by atoms with E-state index in [0.29, 0.717) is 11.6 Å². The van der Waals surface area contributed by atoms with E-state index in [1.807, 2.05) is 42.5 Å². The maximum Gasteiger partial charge on any atom is 0.224 e. The Morgan fingerprint density at radius 3 is 2.15 bits per heavy atom. The van der Waals surface area contributed by atoms with Crippen LogP contribution in [-0.4, -0.2) is 15.0 Å². The Morgan fingerprint density at radius 2 is 1.26 bits per heavy atom. The van der Waals surface area contributed by atoms with Crippen LogP contribution in [-0.2, 0) is 0 Å². The summed E-state index contributed by atoms with van der Waals surface area (Å²) in [6.45, 7) is 0. The maximum absolute atomic E-state index is 6.03. The molecule has 0 fully saturated rings. The monoisotopic (exact) mass is 348 g/mol. The molecule has 5 aromatic rings. The lowest BCUT2D eigenvalue weighted by Gasteiger charge is -2.08. The summed E-state index contributed by atoms with van der Waals surface area (Å²) in [7, 11) is 0. The highest BCUT2D eigenvalue weighted by molar-refractivity contribution is 5.95. The molecule has 5 rings (SSSR count). The average Bonchev–Trinajstić information content (AvgIpc) is 2.72. The van der Waals surface area contributed by atoms with Crippen LogP contribution in [0.5, 0.6) is 0 Å². The standard InChI is InChI=1S/C23H16N4/c24-23-26-21(18-13-12-15-6-1-2-8-17(15)14-18)25-22(27-23)20-11-5-9-16-7-3-4-10-19(16)20/h1-14H,(H2,24,25,26,27). The van der Waals surface area contributed by atoms with Gasteiger partial charge >= 0.3 is 0 Å². The minimum absolute atomic E-state index is 0.219. The third-order valence-electron chi connectivity index (χ3n) is 4.69. The fraction of sp³-hybridized carbons (Fsp3) is 0. The number of benzene rings is 4. The number of anilines is 1. The highest BCUT2D eigenvalue weighted by Gasteiger charge is 2.11. The van der Waals surface area contributed by atoms with Crippen molar-refractivity contribution < 1.29 is 0 Å². The van der Waals surface area contributed by atoms with E-state index in [9.17, 15) is 0 Å². The number of nitrogen functional groups attached to an aromatic ring is 1. The molecule has 4 aromatic carbocycles. The zero-order valence-corrected chi connectivity index (χ0v) is 14.5. The van der Waals surface area contributed by atoms with E-state index >= 15 is 0 Å². The van der Waals surface area contributed by atoms with Gasteiger partial charge in [0.05, 0.1) is 0 Å². The van der Waals surface area contributed by atoms with Crippen LogP contribution in [0.1, 0.15) is 0 Å². The number of nitrogens with two attached hydrogens (primary N) is 1. The summed E-state index contributed by atoms with van der Waals surface area (Å²) in [5, 5.41) is 4.55. The molecule has 128 valence electrons. The van der Waals surface area contributed by atoms with E-state index in [0.717, 1.165) is 27.3 Å². The molecule has 0 aliphatic carbocycles. The third kappa shape index (κ3) is 2.77. The topological polar surface area (TPSA) is 64.7 Å². The van der Waals surface area contributed by atoms with E-state index in [1.54, 1.807) is 0 Å². The molecular weight excluding hydrogens is 332 g/mol. The van der Waals surface area contributed by atoms with Crippen molar-refractivity contribution in [2.24, 2.45) is 0 Å². The summed E-state index contributed by atoms with van der Waals surface area (Å²) >= 11 is 0. The molecule has 0 atom stereocenters. The van der Waals surface area contributed by atoms with Gasteiger partial charge in [-0.25, -0.2) is 4.98 Å². The molecule has 27 heavy (non-hydrogen) atoms. The van der Waals surface area contributed by atoms with Crippen LogP contribution >= 0.6 is 0 Å². The molecule has 0 radical (unpaired) electrons. The molecule has 4 heteroatoms. The molecule has 0 aliphatic heterocycles. The van der Waals surface area contributed by atoms with Crippen molar-refractivity contribution in [3.05, 3.63) is 84.9 Å². The molecule has 1 aromatic heterocycles. The molecule has 0 saturated heterocycles. The van der Waals surface area contributed by atoms with Gasteiger partial charge in [0, 0.05) is 11.1 Å². The fourth-order valence-corrected chi connectivity index (χ4v) is 3.39. The van der Waals surface area contributed by atoms with Gasteiger partial charge in [0.1, 0.15) is 0 Å². The second-order valence-electron chi connectivity index (χ2n) is 6.43. The average molecular weight is 348 g/mol. The molecule has 0 aliphatic rings. The van der Waals surface area contributed by atoms with Crippen molar-refractivity contribution in [3.8, 4) is 22.8 Å². The molecule has 0 spiro atoms. The van der Waals surface area contributed by atoms with Crippen LogP contribution in [0.25, 0.3) is 44.3 Å². The molecule has 0 bridgehead atoms. The lowest BCUT2D eigenvalue weighted by atomic mass is 10.0. The van der Waals surface area contributed by atoms with E-state index in [1.165, 1.54) is 5.39 Å². The second-order valence-corrected chi connectivity index (χ2v) is 6.43. The fourth-order valence-electron chi connectivity index (χ4n) is 3.39. The van der Waals surface area contributed by atoms with Gasteiger partial charge in [0.2, 0.25) is 5.95 Å². The Bertz CT molecular complexity index is 1290. The van der Waals surface area contributed by atoms with E-state index in [4.69, 9.17) is 10.7 Å². The van der Waals surface area contributed by atoms with Crippen molar-refractivity contribution in [1.82, 2.24) is 15.0 Å². The predicted octanol–water partition coefficient (Wildman–Crippen LogP) is 5.09. The van der Waals surface area contributed by atoms with Gasteiger partial charge in [-0.15, -0.1) is 0 Å². The Morgan fingerprint density at radius 1 is 0.556 bits per heavy atom. The van der Waals surface area contributed by atoms with Crippen LogP contribution in [0.3, 0.4) is 0 Å². The largest absolute Gasteiger partial charge is 0.368 e. The number of aromatic nitrogens is 3. The van der Waals surface area contributed by atoms with Crippen molar-refractivity contribution in [1.29, 1.82) is 0 Å². The molecule has 4 nitrogen and oxygen atoms in total. The van der Waals surface area contributed by atoms with E-state index in [2.05, 4.69) is 52.4 Å². The summed E-state index contributed by atoms with van der Waals surface area (Å²) < 4.78 is 0. The number of hydrogen-bond acceptors (Lipinski definition) is 4. The van der Waals surface area contributed by atoms with Gasteiger partial charge in [-0.1, -0.05) is 78.9 Å². The van der Waals surface area contributed by atoms with Gasteiger partial charge in [-0.05, 0) is 27.6 Å². The highest BCUT2D eigenvalue weighted by atomic mass is 15.1. The van der Waals surface area contributed by atoms with Crippen LogP contribution < -0.4 is 5.73 Å². The van der Waals surface area contributed by atoms with Crippen LogP contribution in [0.4, 0.5) is 5.95 Å².